The number of β-lactam (4-membered cyclic amide) rings is 1. The minimum absolute atomic E-state index is 0.00817. The number of nitrogens with zero attached hydrogens (tertiary/aromatic N) is 1. The van der Waals surface area contributed by atoms with Gasteiger partial charge in [-0.25, -0.2) is 4.39 Å². The number of rotatable bonds is 21. The average Bonchev–Trinajstić information content (AvgIpc) is 3.36. The Morgan fingerprint density at radius 1 is 0.621 bits per heavy atom. The molecule has 8 nitrogen and oxygen atoms in total. The Hall–Kier alpha value is -6.23. The van der Waals surface area contributed by atoms with E-state index in [-0.39, 0.29) is 54.2 Å². The molecule has 0 radical (unpaired) electrons. The van der Waals surface area contributed by atoms with Gasteiger partial charge in [-0.15, -0.1) is 0 Å². The second-order valence-electron chi connectivity index (χ2n) is 17.2. The molecule has 0 N–H and O–H groups in total. The van der Waals surface area contributed by atoms with Gasteiger partial charge in [0.2, 0.25) is 5.91 Å². The number of halogens is 1. The van der Waals surface area contributed by atoms with Crippen molar-refractivity contribution in [3.63, 3.8) is 0 Å². The van der Waals surface area contributed by atoms with Crippen molar-refractivity contribution in [3.05, 3.63) is 215 Å². The van der Waals surface area contributed by atoms with Gasteiger partial charge in [-0.1, -0.05) is 158 Å². The van der Waals surface area contributed by atoms with Crippen molar-refractivity contribution in [2.24, 2.45) is 17.8 Å². The van der Waals surface area contributed by atoms with Gasteiger partial charge in [-0.2, -0.15) is 0 Å². The molecule has 1 saturated carbocycles. The van der Waals surface area contributed by atoms with Gasteiger partial charge in [0.1, 0.15) is 11.9 Å². The molecular formula is C57H58FNO7. The number of hydrogen-bond acceptors (Lipinski definition) is 7. The zero-order chi connectivity index (χ0) is 45.5. The summed E-state index contributed by atoms with van der Waals surface area (Å²) >= 11 is 0. The maximum atomic E-state index is 13.9. The summed E-state index contributed by atoms with van der Waals surface area (Å²) in [6.07, 6.45) is 5.34. The number of carbonyl (C=O) groups excluding carboxylic acids is 2. The summed E-state index contributed by atoms with van der Waals surface area (Å²) in [4.78, 5) is 27.3. The third-order valence-electron chi connectivity index (χ3n) is 12.7. The Balaban J connectivity index is 1.06. The Kier molecular flexibility index (Phi) is 16.3. The molecule has 0 bridgehead atoms. The lowest BCUT2D eigenvalue weighted by Gasteiger charge is -2.47. The van der Waals surface area contributed by atoms with E-state index in [0.717, 1.165) is 46.2 Å². The van der Waals surface area contributed by atoms with Crippen LogP contribution in [0.1, 0.15) is 65.1 Å². The summed E-state index contributed by atoms with van der Waals surface area (Å²) in [6, 6.07) is 54.8. The van der Waals surface area contributed by atoms with E-state index >= 15 is 0 Å². The predicted molar refractivity (Wildman–Crippen MR) is 254 cm³/mol. The number of carbonyl (C=O) groups is 2. The fraction of sp³-hybridized carbons (Fsp3) is 0.298. The van der Waals surface area contributed by atoms with Crippen molar-refractivity contribution in [3.8, 4) is 0 Å². The maximum absolute atomic E-state index is 13.9. The summed E-state index contributed by atoms with van der Waals surface area (Å²) in [6.45, 7) is 2.25. The monoisotopic (exact) mass is 887 g/mol. The van der Waals surface area contributed by atoms with Crippen molar-refractivity contribution >= 4 is 23.6 Å². The zero-order valence-electron chi connectivity index (χ0n) is 37.4. The third kappa shape index (κ3) is 12.2. The number of ether oxygens (including phenoxy) is 5. The summed E-state index contributed by atoms with van der Waals surface area (Å²) in [7, 11) is 1.35. The van der Waals surface area contributed by atoms with Crippen LogP contribution >= 0.6 is 0 Å². The zero-order valence-corrected chi connectivity index (χ0v) is 37.4. The quantitative estimate of drug-likeness (QED) is 0.0526. The SMILES string of the molecule is COC(=O)CC[C@H]1C(=O)N(c2ccc(F)cc2)[C@@H]1c1ccc(C=CC[C@@H]2C[C@H](COCc3ccccc3)[C@@H](OCc3ccccc3)[C@H](OCc3ccccc3)[C@H]2OCc2ccccc2)cc1. The van der Waals surface area contributed by atoms with E-state index < -0.39 is 12.0 Å². The molecule has 0 spiro atoms. The standard InChI is InChI=1S/C57H58FNO7/c1-62-52(60)34-33-51-53(59(57(51)61)50-31-29-49(58)30-32-50)46-27-25-41(26-28-46)23-14-24-47-35-48(40-63-36-42-15-6-2-7-16-42)55(65-38-44-19-10-4-11-20-44)56(66-39-45-21-12-5-13-22-45)54(47)64-37-43-17-8-3-9-18-43/h2-23,25-32,47-48,51,53-56H,24,33-40H2,1H3/t47-,48-,51-,53-,54+,55-,56-/m1/s1. The van der Waals surface area contributed by atoms with Crippen LogP contribution in [0.3, 0.4) is 0 Å². The van der Waals surface area contributed by atoms with E-state index in [2.05, 4.69) is 72.8 Å². The number of amides is 1. The molecule has 6 aromatic carbocycles. The second kappa shape index (κ2) is 23.3. The van der Waals surface area contributed by atoms with E-state index in [1.165, 1.54) is 19.2 Å². The van der Waals surface area contributed by atoms with Crippen LogP contribution in [0.15, 0.2) is 176 Å². The minimum atomic E-state index is -0.407. The van der Waals surface area contributed by atoms with Crippen molar-refractivity contribution in [2.45, 2.75) is 76.5 Å². The van der Waals surface area contributed by atoms with Gasteiger partial charge in [0.15, 0.2) is 0 Å². The van der Waals surface area contributed by atoms with Gasteiger partial charge in [-0.05, 0) is 82.8 Å². The predicted octanol–water partition coefficient (Wildman–Crippen LogP) is 11.5. The first-order valence-corrected chi connectivity index (χ1v) is 22.9. The van der Waals surface area contributed by atoms with E-state index in [4.69, 9.17) is 23.7 Å². The highest BCUT2D eigenvalue weighted by molar-refractivity contribution is 6.03. The Morgan fingerprint density at radius 2 is 1.12 bits per heavy atom. The average molecular weight is 888 g/mol. The van der Waals surface area contributed by atoms with Crippen LogP contribution in [0, 0.1) is 23.6 Å². The van der Waals surface area contributed by atoms with Crippen LogP contribution in [-0.4, -0.2) is 43.9 Å². The molecule has 1 amide bonds. The molecule has 8 rings (SSSR count). The molecule has 7 atom stereocenters. The molecule has 0 aromatic heterocycles. The topological polar surface area (TPSA) is 83.5 Å². The van der Waals surface area contributed by atoms with Gasteiger partial charge >= 0.3 is 5.97 Å². The highest BCUT2D eigenvalue weighted by Gasteiger charge is 2.49. The van der Waals surface area contributed by atoms with Gasteiger partial charge in [0.25, 0.3) is 0 Å². The van der Waals surface area contributed by atoms with Crippen molar-refractivity contribution in [1.82, 2.24) is 0 Å². The summed E-state index contributed by atoms with van der Waals surface area (Å²) in [5.74, 6) is -1.16. The summed E-state index contributed by atoms with van der Waals surface area (Å²) in [5, 5.41) is 0. The normalized spacial score (nSPS) is 21.7. The molecule has 1 aliphatic heterocycles. The van der Waals surface area contributed by atoms with Gasteiger partial charge < -0.3 is 28.6 Å². The van der Waals surface area contributed by atoms with Gasteiger partial charge in [-0.3, -0.25) is 9.59 Å². The number of methoxy groups -OCH3 is 1. The van der Waals surface area contributed by atoms with Gasteiger partial charge in [0, 0.05) is 18.0 Å². The van der Waals surface area contributed by atoms with E-state index in [0.29, 0.717) is 45.1 Å². The Morgan fingerprint density at radius 3 is 1.65 bits per heavy atom. The van der Waals surface area contributed by atoms with Crippen molar-refractivity contribution in [1.29, 1.82) is 0 Å². The van der Waals surface area contributed by atoms with Crippen LogP contribution in [0.2, 0.25) is 0 Å². The van der Waals surface area contributed by atoms with Crippen LogP contribution in [0.5, 0.6) is 0 Å². The molecular weight excluding hydrogens is 830 g/mol. The number of esters is 1. The van der Waals surface area contributed by atoms with Crippen LogP contribution in [0.4, 0.5) is 10.1 Å². The highest BCUT2D eigenvalue weighted by Crippen LogP contribution is 2.46. The van der Waals surface area contributed by atoms with Gasteiger partial charge in [0.05, 0.1) is 64.3 Å². The maximum Gasteiger partial charge on any atom is 0.305 e. The Bertz CT molecular complexity index is 2430. The summed E-state index contributed by atoms with van der Waals surface area (Å²) < 4.78 is 46.2. The lowest BCUT2D eigenvalue weighted by molar-refractivity contribution is -0.211. The summed E-state index contributed by atoms with van der Waals surface area (Å²) in [5.41, 5.74) is 6.92. The molecule has 66 heavy (non-hydrogen) atoms. The lowest BCUT2D eigenvalue weighted by atomic mass is 9.74. The number of anilines is 1. The van der Waals surface area contributed by atoms with E-state index in [9.17, 15) is 14.0 Å². The first kappa shape index (κ1) is 46.3. The van der Waals surface area contributed by atoms with Crippen LogP contribution in [0.25, 0.3) is 6.08 Å². The number of benzene rings is 6. The third-order valence-corrected chi connectivity index (χ3v) is 12.7. The second-order valence-corrected chi connectivity index (χ2v) is 17.2. The Labute approximate surface area is 387 Å². The molecule has 1 saturated heterocycles. The first-order valence-electron chi connectivity index (χ1n) is 22.9. The highest BCUT2D eigenvalue weighted by atomic mass is 19.1. The molecule has 0 unspecified atom stereocenters. The molecule has 1 heterocycles. The fourth-order valence-corrected chi connectivity index (χ4v) is 9.29. The fourth-order valence-electron chi connectivity index (χ4n) is 9.29. The lowest BCUT2D eigenvalue weighted by Crippen LogP contribution is -2.55. The molecule has 9 heteroatoms. The first-order chi connectivity index (χ1) is 32.4. The van der Waals surface area contributed by atoms with Crippen LogP contribution < -0.4 is 4.90 Å². The smallest absolute Gasteiger partial charge is 0.305 e. The van der Waals surface area contributed by atoms with Crippen molar-refractivity contribution in [2.75, 3.05) is 18.6 Å². The number of hydrogen-bond donors (Lipinski definition) is 0. The molecule has 2 fully saturated rings. The van der Waals surface area contributed by atoms with E-state index in [1.807, 2.05) is 84.9 Å². The molecule has 340 valence electrons. The molecule has 6 aromatic rings. The molecule has 1 aliphatic carbocycles. The largest absolute Gasteiger partial charge is 0.469 e. The van der Waals surface area contributed by atoms with Crippen LogP contribution in [-0.2, 0) is 59.7 Å². The van der Waals surface area contributed by atoms with Crippen molar-refractivity contribution < 1.29 is 37.7 Å². The molecule has 2 aliphatic rings. The minimum Gasteiger partial charge on any atom is -0.469 e. The van der Waals surface area contributed by atoms with E-state index in [1.54, 1.807) is 17.0 Å². The number of allylic oxidation sites excluding steroid dienone is 1.